The molecule has 0 unspecified atom stereocenters. The molecule has 0 saturated heterocycles. The molecule has 0 aliphatic heterocycles. The van der Waals surface area contributed by atoms with Crippen molar-refractivity contribution >= 4 is 40.5 Å². The number of carboxylic acids is 1. The Labute approximate surface area is 249 Å². The maximum absolute atomic E-state index is 13.4. The van der Waals surface area contributed by atoms with Gasteiger partial charge < -0.3 is 25.8 Å². The van der Waals surface area contributed by atoms with Gasteiger partial charge in [0.1, 0.15) is 18.3 Å². The molecule has 0 aliphatic rings. The number of carbonyl (C=O) groups excluding carboxylic acids is 3. The highest BCUT2D eigenvalue weighted by atomic mass is 16.5. The van der Waals surface area contributed by atoms with Gasteiger partial charge in [-0.3, -0.25) is 14.4 Å². The molecule has 3 aromatic carbocycles. The van der Waals surface area contributed by atoms with Crippen molar-refractivity contribution in [3.05, 3.63) is 107 Å². The van der Waals surface area contributed by atoms with E-state index in [1.807, 2.05) is 49.4 Å². The molecule has 4 rings (SSSR count). The molecule has 4 N–H and O–H groups in total. The number of carbonyl (C=O) groups is 4. The van der Waals surface area contributed by atoms with Crippen LogP contribution in [0, 0.1) is 6.92 Å². The molecule has 0 bridgehead atoms. The van der Waals surface area contributed by atoms with Gasteiger partial charge in [-0.05, 0) is 55.5 Å². The summed E-state index contributed by atoms with van der Waals surface area (Å²) in [5, 5.41) is 18.3. The van der Waals surface area contributed by atoms with Crippen LogP contribution >= 0.6 is 0 Å². The van der Waals surface area contributed by atoms with Gasteiger partial charge in [0.15, 0.2) is 0 Å². The van der Waals surface area contributed by atoms with Gasteiger partial charge in [0, 0.05) is 24.0 Å². The highest BCUT2D eigenvalue weighted by Gasteiger charge is 2.23. The van der Waals surface area contributed by atoms with E-state index in [-0.39, 0.29) is 38.1 Å². The van der Waals surface area contributed by atoms with E-state index in [0.29, 0.717) is 23.2 Å². The molecule has 1 atom stereocenters. The van der Waals surface area contributed by atoms with Crippen LogP contribution in [0.2, 0.25) is 0 Å². The number of carboxylic acid groups (broad SMARTS) is 1. The van der Waals surface area contributed by atoms with Crippen molar-refractivity contribution in [1.82, 2.24) is 15.6 Å². The van der Waals surface area contributed by atoms with Crippen molar-refractivity contribution in [3.8, 4) is 0 Å². The maximum Gasteiger partial charge on any atom is 0.407 e. The lowest BCUT2D eigenvalue weighted by Gasteiger charge is -2.20. The number of ether oxygens (including phenoxy) is 1. The van der Waals surface area contributed by atoms with E-state index in [4.69, 9.17) is 9.84 Å². The molecular formula is C33H34N4O6. The largest absolute Gasteiger partial charge is 0.481 e. The van der Waals surface area contributed by atoms with E-state index in [1.165, 1.54) is 0 Å². The van der Waals surface area contributed by atoms with Crippen LogP contribution in [0.3, 0.4) is 0 Å². The van der Waals surface area contributed by atoms with Gasteiger partial charge in [-0.1, -0.05) is 72.3 Å². The molecule has 3 amide bonds. The second kappa shape index (κ2) is 15.1. The maximum atomic E-state index is 13.4. The molecule has 0 radical (unpaired) electrons. The number of rotatable bonds is 13. The Hall–Kier alpha value is -5.25. The van der Waals surface area contributed by atoms with Crippen molar-refractivity contribution in [2.75, 3.05) is 11.9 Å². The van der Waals surface area contributed by atoms with Crippen LogP contribution in [0.15, 0.2) is 84.9 Å². The normalized spacial score (nSPS) is 11.4. The number of fused-ring (bicyclic) bond motifs is 1. The molecule has 43 heavy (non-hydrogen) atoms. The topological polar surface area (TPSA) is 147 Å². The Balaban J connectivity index is 1.39. The summed E-state index contributed by atoms with van der Waals surface area (Å²) in [6, 6.07) is 24.4. The molecule has 0 fully saturated rings. The second-order valence-electron chi connectivity index (χ2n) is 10.1. The van der Waals surface area contributed by atoms with Gasteiger partial charge in [0.25, 0.3) is 5.91 Å². The molecular weight excluding hydrogens is 548 g/mol. The van der Waals surface area contributed by atoms with E-state index < -0.39 is 29.9 Å². The molecule has 1 aromatic heterocycles. The highest BCUT2D eigenvalue weighted by molar-refractivity contribution is 6.01. The standard InChI is InChI=1S/C33H34N4O6/c1-22-12-14-23(15-13-22)21-43-33(42)34-20-6-11-28(31(40)36-27-10-5-3-8-25(27)17-19-30(38)39)37-32(41)29-18-16-24-7-2-4-9-26(24)35-29/h2-5,7-10,12-16,18,28H,6,11,17,19-21H2,1H3,(H,34,42)(H,36,40)(H,37,41)(H,38,39)/t28-/m0/s1. The van der Waals surface area contributed by atoms with E-state index in [2.05, 4.69) is 20.9 Å². The summed E-state index contributed by atoms with van der Waals surface area (Å²) in [6.07, 6.45) is 0.133. The van der Waals surface area contributed by atoms with Crippen LogP contribution in [0.4, 0.5) is 10.5 Å². The quantitative estimate of drug-likeness (QED) is 0.162. The number of benzene rings is 3. The Morgan fingerprint density at radius 1 is 0.907 bits per heavy atom. The van der Waals surface area contributed by atoms with Gasteiger partial charge >= 0.3 is 12.1 Å². The number of alkyl carbamates (subject to hydrolysis) is 1. The van der Waals surface area contributed by atoms with Gasteiger partial charge in [-0.15, -0.1) is 0 Å². The van der Waals surface area contributed by atoms with E-state index in [0.717, 1.165) is 16.5 Å². The first-order valence-electron chi connectivity index (χ1n) is 14.0. The lowest BCUT2D eigenvalue weighted by atomic mass is 10.1. The minimum Gasteiger partial charge on any atom is -0.481 e. The fourth-order valence-corrected chi connectivity index (χ4v) is 4.40. The number of aliphatic carboxylic acids is 1. The fourth-order valence-electron chi connectivity index (χ4n) is 4.40. The predicted octanol–water partition coefficient (Wildman–Crippen LogP) is 5.00. The van der Waals surface area contributed by atoms with Crippen LogP contribution in [0.1, 0.15) is 46.4 Å². The van der Waals surface area contributed by atoms with Crippen molar-refractivity contribution in [1.29, 1.82) is 0 Å². The minimum atomic E-state index is -0.960. The third-order valence-corrected chi connectivity index (χ3v) is 6.77. The lowest BCUT2D eigenvalue weighted by Crippen LogP contribution is -2.44. The Bertz CT molecular complexity index is 1590. The number of aryl methyl sites for hydroxylation is 2. The number of aromatic nitrogens is 1. The summed E-state index contributed by atoms with van der Waals surface area (Å²) in [6.45, 7) is 2.33. The predicted molar refractivity (Wildman–Crippen MR) is 163 cm³/mol. The average Bonchev–Trinajstić information content (AvgIpc) is 3.01. The number of anilines is 1. The molecule has 10 heteroatoms. The molecule has 222 valence electrons. The number of hydrogen-bond acceptors (Lipinski definition) is 6. The number of pyridine rings is 1. The summed E-state index contributed by atoms with van der Waals surface area (Å²) < 4.78 is 5.26. The van der Waals surface area contributed by atoms with Crippen molar-refractivity contribution in [2.45, 2.75) is 45.3 Å². The van der Waals surface area contributed by atoms with Crippen molar-refractivity contribution < 1.29 is 29.0 Å². The SMILES string of the molecule is Cc1ccc(COC(=O)NCCC[C@H](NC(=O)c2ccc3ccccc3n2)C(=O)Nc2ccccc2CCC(=O)O)cc1. The molecule has 0 aliphatic carbocycles. The van der Waals surface area contributed by atoms with Crippen molar-refractivity contribution in [3.63, 3.8) is 0 Å². The third kappa shape index (κ3) is 9.39. The first-order chi connectivity index (χ1) is 20.8. The van der Waals surface area contributed by atoms with Crippen LogP contribution in [0.25, 0.3) is 10.9 Å². The Kier molecular flexibility index (Phi) is 10.8. The number of amides is 3. The zero-order valence-corrected chi connectivity index (χ0v) is 23.8. The third-order valence-electron chi connectivity index (χ3n) is 6.77. The number of hydrogen-bond donors (Lipinski definition) is 4. The van der Waals surface area contributed by atoms with Crippen LogP contribution < -0.4 is 16.0 Å². The molecule has 10 nitrogen and oxygen atoms in total. The molecule has 0 spiro atoms. The summed E-state index contributed by atoms with van der Waals surface area (Å²) in [4.78, 5) is 54.3. The molecule has 4 aromatic rings. The molecule has 0 saturated carbocycles. The van der Waals surface area contributed by atoms with Crippen LogP contribution in [0.5, 0.6) is 0 Å². The first-order valence-corrected chi connectivity index (χ1v) is 14.0. The highest BCUT2D eigenvalue weighted by Crippen LogP contribution is 2.18. The first kappa shape index (κ1) is 30.7. The monoisotopic (exact) mass is 582 g/mol. The smallest absolute Gasteiger partial charge is 0.407 e. The van der Waals surface area contributed by atoms with E-state index in [9.17, 15) is 19.2 Å². The average molecular weight is 583 g/mol. The number of nitrogens with zero attached hydrogens (tertiary/aromatic N) is 1. The fraction of sp³-hybridized carbons (Fsp3) is 0.242. The number of para-hydroxylation sites is 2. The zero-order valence-electron chi connectivity index (χ0n) is 23.8. The lowest BCUT2D eigenvalue weighted by molar-refractivity contribution is -0.137. The van der Waals surface area contributed by atoms with Crippen LogP contribution in [-0.2, 0) is 27.4 Å². The van der Waals surface area contributed by atoms with Gasteiger partial charge in [-0.2, -0.15) is 0 Å². The van der Waals surface area contributed by atoms with Gasteiger partial charge in [0.05, 0.1) is 5.52 Å². The zero-order chi connectivity index (χ0) is 30.6. The molecule has 1 heterocycles. The Morgan fingerprint density at radius 3 is 2.44 bits per heavy atom. The van der Waals surface area contributed by atoms with Gasteiger partial charge in [0.2, 0.25) is 5.91 Å². The van der Waals surface area contributed by atoms with E-state index in [1.54, 1.807) is 42.5 Å². The minimum absolute atomic E-state index is 0.0909. The Morgan fingerprint density at radius 2 is 1.65 bits per heavy atom. The second-order valence-corrected chi connectivity index (χ2v) is 10.1. The van der Waals surface area contributed by atoms with Crippen molar-refractivity contribution in [2.24, 2.45) is 0 Å². The number of nitrogens with one attached hydrogen (secondary N) is 3. The van der Waals surface area contributed by atoms with E-state index >= 15 is 0 Å². The summed E-state index contributed by atoms with van der Waals surface area (Å²) in [5.41, 5.74) is 3.92. The summed E-state index contributed by atoms with van der Waals surface area (Å²) in [7, 11) is 0. The summed E-state index contributed by atoms with van der Waals surface area (Å²) in [5.74, 6) is -1.94. The summed E-state index contributed by atoms with van der Waals surface area (Å²) >= 11 is 0. The van der Waals surface area contributed by atoms with Crippen LogP contribution in [-0.4, -0.2) is 46.6 Å². The van der Waals surface area contributed by atoms with Gasteiger partial charge in [-0.25, -0.2) is 9.78 Å².